The van der Waals surface area contributed by atoms with Gasteiger partial charge in [0.2, 0.25) is 0 Å². The van der Waals surface area contributed by atoms with Crippen LogP contribution in [0.25, 0.3) is 5.69 Å². The molecule has 2 N–H and O–H groups in total. The smallest absolute Gasteiger partial charge is 0.276 e. The van der Waals surface area contributed by atoms with Gasteiger partial charge in [0.05, 0.1) is 5.69 Å². The maximum atomic E-state index is 12.5. The molecular formula is C20H18N4O3. The molecule has 7 nitrogen and oxygen atoms in total. The van der Waals surface area contributed by atoms with E-state index in [1.807, 2.05) is 13.0 Å². The first-order valence-electron chi connectivity index (χ1n) is 8.44. The molecule has 7 heteroatoms. The van der Waals surface area contributed by atoms with Crippen LogP contribution in [0.4, 0.5) is 5.69 Å². The number of hydrogen-bond acceptors (Lipinski definition) is 4. The molecule has 0 radical (unpaired) electrons. The number of hydrogen-bond donors (Lipinski definition) is 2. The third-order valence-corrected chi connectivity index (χ3v) is 3.78. The van der Waals surface area contributed by atoms with Crippen molar-refractivity contribution in [3.05, 3.63) is 88.3 Å². The highest BCUT2D eigenvalue weighted by Crippen LogP contribution is 2.11. The second-order valence-corrected chi connectivity index (χ2v) is 5.70. The average molecular weight is 362 g/mol. The summed E-state index contributed by atoms with van der Waals surface area (Å²) in [4.78, 5) is 36.3. The van der Waals surface area contributed by atoms with E-state index in [1.165, 1.54) is 16.8 Å². The molecule has 0 aliphatic carbocycles. The molecule has 0 fully saturated rings. The van der Waals surface area contributed by atoms with E-state index >= 15 is 0 Å². The lowest BCUT2D eigenvalue weighted by molar-refractivity contribution is 0.0955. The Hall–Kier alpha value is -3.74. The Morgan fingerprint density at radius 1 is 0.926 bits per heavy atom. The standard InChI is InChI=1S/C20H18N4O3/c1-2-21-19(26)14-8-10-15(11-9-14)22-20(27)17-12-13-18(25)24(23-17)16-6-4-3-5-7-16/h3-13H,2H2,1H3,(H,21,26)(H,22,27). The van der Waals surface area contributed by atoms with Crippen molar-refractivity contribution in [1.82, 2.24) is 15.1 Å². The summed E-state index contributed by atoms with van der Waals surface area (Å²) in [5, 5.41) is 9.55. The summed E-state index contributed by atoms with van der Waals surface area (Å²) >= 11 is 0. The molecule has 2 amide bonds. The van der Waals surface area contributed by atoms with Crippen LogP contribution in [0.3, 0.4) is 0 Å². The third kappa shape index (κ3) is 4.27. The van der Waals surface area contributed by atoms with Crippen LogP contribution in [0.15, 0.2) is 71.5 Å². The van der Waals surface area contributed by atoms with E-state index in [0.717, 1.165) is 0 Å². The highest BCUT2D eigenvalue weighted by molar-refractivity contribution is 6.03. The number of rotatable bonds is 5. The number of benzene rings is 2. The van der Waals surface area contributed by atoms with Gasteiger partial charge in [-0.25, -0.2) is 0 Å². The van der Waals surface area contributed by atoms with Crippen LogP contribution < -0.4 is 16.2 Å². The Morgan fingerprint density at radius 2 is 1.63 bits per heavy atom. The Kier molecular flexibility index (Phi) is 5.41. The first-order chi connectivity index (χ1) is 13.1. The molecule has 0 aliphatic rings. The molecule has 3 rings (SSSR count). The third-order valence-electron chi connectivity index (χ3n) is 3.78. The lowest BCUT2D eigenvalue weighted by Gasteiger charge is -2.08. The number of anilines is 1. The molecule has 27 heavy (non-hydrogen) atoms. The Morgan fingerprint density at radius 3 is 2.30 bits per heavy atom. The maximum Gasteiger partial charge on any atom is 0.276 e. The van der Waals surface area contributed by atoms with Gasteiger partial charge < -0.3 is 10.6 Å². The van der Waals surface area contributed by atoms with Crippen LogP contribution in [-0.4, -0.2) is 28.1 Å². The quantitative estimate of drug-likeness (QED) is 0.728. The Labute approximate surface area is 155 Å². The van der Waals surface area contributed by atoms with E-state index in [9.17, 15) is 14.4 Å². The van der Waals surface area contributed by atoms with Gasteiger partial charge in [0.1, 0.15) is 5.69 Å². The predicted molar refractivity (Wildman–Crippen MR) is 102 cm³/mol. The van der Waals surface area contributed by atoms with Gasteiger partial charge in [-0.3, -0.25) is 14.4 Å². The molecule has 1 aromatic heterocycles. The van der Waals surface area contributed by atoms with Gasteiger partial charge in [-0.2, -0.15) is 9.78 Å². The minimum absolute atomic E-state index is 0.103. The van der Waals surface area contributed by atoms with Gasteiger partial charge in [-0.1, -0.05) is 18.2 Å². The second kappa shape index (κ2) is 8.09. The fourth-order valence-corrected chi connectivity index (χ4v) is 2.45. The fraction of sp³-hybridized carbons (Fsp3) is 0.100. The summed E-state index contributed by atoms with van der Waals surface area (Å²) in [5.74, 6) is -0.627. The van der Waals surface area contributed by atoms with Crippen LogP contribution in [-0.2, 0) is 0 Å². The van der Waals surface area contributed by atoms with Crippen molar-refractivity contribution < 1.29 is 9.59 Å². The normalized spacial score (nSPS) is 10.3. The average Bonchev–Trinajstić information content (AvgIpc) is 2.69. The minimum atomic E-state index is -0.453. The summed E-state index contributed by atoms with van der Waals surface area (Å²) in [6, 6.07) is 18.1. The molecule has 0 bridgehead atoms. The number of carbonyl (C=O) groups is 2. The fourth-order valence-electron chi connectivity index (χ4n) is 2.45. The lowest BCUT2D eigenvalue weighted by Crippen LogP contribution is -2.25. The van der Waals surface area contributed by atoms with E-state index in [1.54, 1.807) is 48.5 Å². The summed E-state index contributed by atoms with van der Waals surface area (Å²) in [5.41, 5.74) is 1.37. The van der Waals surface area contributed by atoms with Crippen LogP contribution in [0.2, 0.25) is 0 Å². The van der Waals surface area contributed by atoms with Crippen molar-refractivity contribution in [1.29, 1.82) is 0 Å². The summed E-state index contributed by atoms with van der Waals surface area (Å²) < 4.78 is 1.17. The first kappa shape index (κ1) is 18.1. The van der Waals surface area contributed by atoms with E-state index in [-0.39, 0.29) is 17.2 Å². The highest BCUT2D eigenvalue weighted by atomic mass is 16.2. The molecule has 1 heterocycles. The van der Waals surface area contributed by atoms with Crippen molar-refractivity contribution in [2.24, 2.45) is 0 Å². The van der Waals surface area contributed by atoms with Crippen molar-refractivity contribution >= 4 is 17.5 Å². The van der Waals surface area contributed by atoms with Crippen molar-refractivity contribution in [2.45, 2.75) is 6.92 Å². The molecular weight excluding hydrogens is 344 g/mol. The number of carbonyl (C=O) groups excluding carboxylic acids is 2. The van der Waals surface area contributed by atoms with Crippen molar-refractivity contribution in [3.8, 4) is 5.69 Å². The first-order valence-corrected chi connectivity index (χ1v) is 8.44. The van der Waals surface area contributed by atoms with Crippen LogP contribution >= 0.6 is 0 Å². The summed E-state index contributed by atoms with van der Waals surface area (Å²) in [6.45, 7) is 2.38. The molecule has 2 aromatic carbocycles. The van der Waals surface area contributed by atoms with Crippen molar-refractivity contribution in [2.75, 3.05) is 11.9 Å². The van der Waals surface area contributed by atoms with Gasteiger partial charge in [0.15, 0.2) is 0 Å². The van der Waals surface area contributed by atoms with Gasteiger partial charge in [0, 0.05) is 23.9 Å². The molecule has 136 valence electrons. The number of nitrogens with one attached hydrogen (secondary N) is 2. The van der Waals surface area contributed by atoms with E-state index in [0.29, 0.717) is 23.5 Å². The summed E-state index contributed by atoms with van der Waals surface area (Å²) in [7, 11) is 0. The molecule has 3 aromatic rings. The number of para-hydroxylation sites is 1. The minimum Gasteiger partial charge on any atom is -0.352 e. The zero-order valence-electron chi connectivity index (χ0n) is 14.7. The predicted octanol–water partition coefficient (Wildman–Crippen LogP) is 2.23. The molecule has 0 saturated carbocycles. The highest BCUT2D eigenvalue weighted by Gasteiger charge is 2.11. The van der Waals surface area contributed by atoms with E-state index < -0.39 is 5.91 Å². The monoisotopic (exact) mass is 362 g/mol. The van der Waals surface area contributed by atoms with Gasteiger partial charge in [-0.15, -0.1) is 0 Å². The number of aromatic nitrogens is 2. The van der Waals surface area contributed by atoms with Crippen LogP contribution in [0.5, 0.6) is 0 Å². The maximum absolute atomic E-state index is 12.5. The number of nitrogens with zero attached hydrogens (tertiary/aromatic N) is 2. The zero-order valence-corrected chi connectivity index (χ0v) is 14.7. The van der Waals surface area contributed by atoms with Gasteiger partial charge in [0.25, 0.3) is 17.4 Å². The molecule has 0 saturated heterocycles. The Balaban J connectivity index is 1.79. The number of amides is 2. The van der Waals surface area contributed by atoms with Crippen molar-refractivity contribution in [3.63, 3.8) is 0 Å². The van der Waals surface area contributed by atoms with E-state index in [4.69, 9.17) is 0 Å². The van der Waals surface area contributed by atoms with Crippen LogP contribution in [0, 0.1) is 0 Å². The van der Waals surface area contributed by atoms with Gasteiger partial charge in [-0.05, 0) is 49.4 Å². The van der Waals surface area contributed by atoms with Gasteiger partial charge >= 0.3 is 0 Å². The largest absolute Gasteiger partial charge is 0.352 e. The second-order valence-electron chi connectivity index (χ2n) is 5.70. The van der Waals surface area contributed by atoms with Crippen LogP contribution in [0.1, 0.15) is 27.8 Å². The molecule has 0 spiro atoms. The molecule has 0 unspecified atom stereocenters. The zero-order chi connectivity index (χ0) is 19.2. The van der Waals surface area contributed by atoms with E-state index in [2.05, 4.69) is 15.7 Å². The topological polar surface area (TPSA) is 93.1 Å². The summed E-state index contributed by atoms with van der Waals surface area (Å²) in [6.07, 6.45) is 0. The molecule has 0 atom stereocenters. The lowest BCUT2D eigenvalue weighted by atomic mass is 10.2. The Bertz CT molecular complexity index is 1010. The molecule has 0 aliphatic heterocycles. The SMILES string of the molecule is CCNC(=O)c1ccc(NC(=O)c2ccc(=O)n(-c3ccccc3)n2)cc1.